The first-order valence-electron chi connectivity index (χ1n) is 9.27. The van der Waals surface area contributed by atoms with E-state index in [2.05, 4.69) is 17.6 Å². The van der Waals surface area contributed by atoms with Crippen LogP contribution in [0.15, 0.2) is 18.2 Å². The minimum Gasteiger partial charge on any atom is -0.480 e. The van der Waals surface area contributed by atoms with Gasteiger partial charge >= 0.3 is 12.0 Å². The van der Waals surface area contributed by atoms with Crippen molar-refractivity contribution >= 4 is 23.6 Å². The van der Waals surface area contributed by atoms with E-state index >= 15 is 0 Å². The van der Waals surface area contributed by atoms with E-state index in [0.29, 0.717) is 50.4 Å². The summed E-state index contributed by atoms with van der Waals surface area (Å²) in [7, 11) is 0. The molecular weight excluding hydrogens is 353 g/mol. The lowest BCUT2D eigenvalue weighted by Gasteiger charge is -2.37. The van der Waals surface area contributed by atoms with E-state index in [1.165, 1.54) is 17.0 Å². The van der Waals surface area contributed by atoms with Crippen molar-refractivity contribution < 1.29 is 23.9 Å². The number of carboxylic acid groups (broad SMARTS) is 1. The molecule has 1 heterocycles. The fourth-order valence-corrected chi connectivity index (χ4v) is 3.83. The van der Waals surface area contributed by atoms with Gasteiger partial charge in [-0.05, 0) is 49.8 Å². The van der Waals surface area contributed by atoms with E-state index in [4.69, 9.17) is 0 Å². The molecular formula is C19H24FN3O4. The Bertz CT molecular complexity index is 759. The van der Waals surface area contributed by atoms with E-state index in [9.17, 15) is 23.9 Å². The number of rotatable bonds is 5. The molecule has 7 nitrogen and oxygen atoms in total. The summed E-state index contributed by atoms with van der Waals surface area (Å²) in [6.07, 6.45) is 3.03. The van der Waals surface area contributed by atoms with Gasteiger partial charge in [0, 0.05) is 18.8 Å². The highest BCUT2D eigenvalue weighted by atomic mass is 19.1. The second-order valence-electron chi connectivity index (χ2n) is 7.24. The number of anilines is 1. The van der Waals surface area contributed by atoms with Crippen molar-refractivity contribution in [3.05, 3.63) is 29.6 Å². The number of hydrogen-bond acceptors (Lipinski definition) is 3. The molecule has 2 fully saturated rings. The number of benzene rings is 1. The molecule has 8 heteroatoms. The van der Waals surface area contributed by atoms with Crippen LogP contribution in [0.1, 0.15) is 49.4 Å². The Morgan fingerprint density at radius 1 is 1.37 bits per heavy atom. The molecule has 0 bridgehead atoms. The van der Waals surface area contributed by atoms with Gasteiger partial charge in [0.2, 0.25) is 0 Å². The third-order valence-corrected chi connectivity index (χ3v) is 5.66. The van der Waals surface area contributed by atoms with Crippen LogP contribution in [-0.2, 0) is 4.79 Å². The maximum Gasteiger partial charge on any atom is 0.329 e. The van der Waals surface area contributed by atoms with Crippen molar-refractivity contribution in [2.24, 2.45) is 5.92 Å². The molecule has 0 atom stereocenters. The van der Waals surface area contributed by atoms with Crippen LogP contribution >= 0.6 is 0 Å². The second kappa shape index (κ2) is 7.54. The van der Waals surface area contributed by atoms with Crippen LogP contribution in [0, 0.1) is 11.7 Å². The normalized spacial score (nSPS) is 25.2. The van der Waals surface area contributed by atoms with Crippen LogP contribution in [0.25, 0.3) is 0 Å². The molecule has 3 rings (SSSR count). The predicted octanol–water partition coefficient (Wildman–Crippen LogP) is 2.51. The largest absolute Gasteiger partial charge is 0.480 e. The van der Waals surface area contributed by atoms with E-state index in [-0.39, 0.29) is 11.6 Å². The lowest BCUT2D eigenvalue weighted by atomic mass is 9.75. The third-order valence-electron chi connectivity index (χ3n) is 5.66. The van der Waals surface area contributed by atoms with E-state index in [1.54, 1.807) is 0 Å². The number of urea groups is 1. The molecule has 1 aliphatic carbocycles. The summed E-state index contributed by atoms with van der Waals surface area (Å²) < 4.78 is 14.3. The van der Waals surface area contributed by atoms with Crippen LogP contribution in [0.4, 0.5) is 14.9 Å². The Labute approximate surface area is 156 Å². The standard InChI is InChI=1S/C19H24FN3O4/c1-2-12-5-7-19(8-6-12,17(25)26)22-16(24)14-11-13(3-4-15(14)20)23-10-9-21-18(23)27/h3-4,11-12H,2,5-10H2,1H3,(H,21,27)(H,22,24)(H,25,26). The summed E-state index contributed by atoms with van der Waals surface area (Å²) in [5.74, 6) is -2.17. The lowest BCUT2D eigenvalue weighted by molar-refractivity contribution is -0.146. The number of nitrogens with one attached hydrogen (secondary N) is 2. The summed E-state index contributed by atoms with van der Waals surface area (Å²) in [5, 5.41) is 14.9. The van der Waals surface area contributed by atoms with Gasteiger partial charge in [-0.1, -0.05) is 13.3 Å². The van der Waals surface area contributed by atoms with Crippen LogP contribution < -0.4 is 15.5 Å². The second-order valence-corrected chi connectivity index (χ2v) is 7.24. The molecule has 0 radical (unpaired) electrons. The third kappa shape index (κ3) is 3.74. The highest BCUT2D eigenvalue weighted by Crippen LogP contribution is 2.34. The molecule has 27 heavy (non-hydrogen) atoms. The van der Waals surface area contributed by atoms with Crippen molar-refractivity contribution in [1.29, 1.82) is 0 Å². The predicted molar refractivity (Wildman–Crippen MR) is 97.2 cm³/mol. The number of nitrogens with zero attached hydrogens (tertiary/aromatic N) is 1. The zero-order chi connectivity index (χ0) is 19.6. The van der Waals surface area contributed by atoms with Gasteiger partial charge < -0.3 is 15.7 Å². The van der Waals surface area contributed by atoms with Crippen molar-refractivity contribution in [3.8, 4) is 0 Å². The summed E-state index contributed by atoms with van der Waals surface area (Å²) >= 11 is 0. The molecule has 0 aromatic heterocycles. The van der Waals surface area contributed by atoms with Gasteiger partial charge in [0.05, 0.1) is 5.56 Å². The average Bonchev–Trinajstić information content (AvgIpc) is 3.08. The molecule has 3 amide bonds. The number of halogens is 1. The maximum atomic E-state index is 14.3. The van der Waals surface area contributed by atoms with Gasteiger partial charge in [-0.25, -0.2) is 14.0 Å². The fraction of sp³-hybridized carbons (Fsp3) is 0.526. The Hall–Kier alpha value is -2.64. The van der Waals surface area contributed by atoms with E-state index in [0.717, 1.165) is 12.5 Å². The van der Waals surface area contributed by atoms with Crippen LogP contribution in [-0.4, -0.2) is 41.6 Å². The number of carboxylic acids is 1. The van der Waals surface area contributed by atoms with Crippen LogP contribution in [0.3, 0.4) is 0 Å². The molecule has 1 aromatic rings. The van der Waals surface area contributed by atoms with Crippen molar-refractivity contribution in [3.63, 3.8) is 0 Å². The Morgan fingerprint density at radius 3 is 2.63 bits per heavy atom. The fourth-order valence-electron chi connectivity index (χ4n) is 3.83. The topological polar surface area (TPSA) is 98.7 Å². The smallest absolute Gasteiger partial charge is 0.329 e. The van der Waals surface area contributed by atoms with Crippen LogP contribution in [0.5, 0.6) is 0 Å². The van der Waals surface area contributed by atoms with Gasteiger partial charge in [-0.3, -0.25) is 9.69 Å². The summed E-state index contributed by atoms with van der Waals surface area (Å²) in [6.45, 7) is 2.95. The number of amides is 3. The molecule has 146 valence electrons. The summed E-state index contributed by atoms with van der Waals surface area (Å²) in [5.41, 5.74) is -1.24. The molecule has 3 N–H and O–H groups in total. The summed E-state index contributed by atoms with van der Waals surface area (Å²) in [6, 6.07) is 3.53. The summed E-state index contributed by atoms with van der Waals surface area (Å²) in [4.78, 5) is 37.8. The van der Waals surface area contributed by atoms with Crippen LogP contribution in [0.2, 0.25) is 0 Å². The molecule has 1 saturated carbocycles. The Kier molecular flexibility index (Phi) is 5.34. The number of hydrogen-bond donors (Lipinski definition) is 3. The molecule has 1 saturated heterocycles. The number of carbonyl (C=O) groups excluding carboxylic acids is 2. The first kappa shape index (κ1) is 19.1. The average molecular weight is 377 g/mol. The first-order valence-corrected chi connectivity index (χ1v) is 9.27. The molecule has 2 aliphatic rings. The highest BCUT2D eigenvalue weighted by Gasteiger charge is 2.43. The monoisotopic (exact) mass is 377 g/mol. The van der Waals surface area contributed by atoms with Gasteiger partial charge in [0.1, 0.15) is 11.4 Å². The maximum absolute atomic E-state index is 14.3. The first-order chi connectivity index (χ1) is 12.9. The quantitative estimate of drug-likeness (QED) is 0.734. The SMILES string of the molecule is CCC1CCC(NC(=O)c2cc(N3CCNC3=O)ccc2F)(C(=O)O)CC1. The minimum atomic E-state index is -1.38. The molecule has 1 aromatic carbocycles. The molecule has 0 unspecified atom stereocenters. The van der Waals surface area contributed by atoms with Gasteiger partial charge in [-0.2, -0.15) is 0 Å². The Morgan fingerprint density at radius 2 is 2.07 bits per heavy atom. The van der Waals surface area contributed by atoms with Gasteiger partial charge in [-0.15, -0.1) is 0 Å². The number of aliphatic carboxylic acids is 1. The molecule has 0 spiro atoms. The minimum absolute atomic E-state index is 0.259. The van der Waals surface area contributed by atoms with Crippen molar-refractivity contribution in [2.75, 3.05) is 18.0 Å². The van der Waals surface area contributed by atoms with Crippen molar-refractivity contribution in [1.82, 2.24) is 10.6 Å². The zero-order valence-corrected chi connectivity index (χ0v) is 15.3. The van der Waals surface area contributed by atoms with Crippen molar-refractivity contribution in [2.45, 2.75) is 44.6 Å². The highest BCUT2D eigenvalue weighted by molar-refractivity contribution is 6.00. The molecule has 1 aliphatic heterocycles. The van der Waals surface area contributed by atoms with Gasteiger partial charge in [0.15, 0.2) is 0 Å². The number of carbonyl (C=O) groups is 3. The lowest BCUT2D eigenvalue weighted by Crippen LogP contribution is -2.56. The van der Waals surface area contributed by atoms with E-state index < -0.39 is 23.2 Å². The zero-order valence-electron chi connectivity index (χ0n) is 15.3. The Balaban J connectivity index is 1.82. The van der Waals surface area contributed by atoms with E-state index in [1.807, 2.05) is 0 Å². The van der Waals surface area contributed by atoms with Gasteiger partial charge in [0.25, 0.3) is 5.91 Å².